The van der Waals surface area contributed by atoms with Crippen LogP contribution in [0.25, 0.3) is 0 Å². The van der Waals surface area contributed by atoms with Gasteiger partial charge >= 0.3 is 0 Å². The molecule has 0 aromatic heterocycles. The number of nitrogens with zero attached hydrogens (tertiary/aromatic N) is 2. The fraction of sp³-hybridized carbons (Fsp3) is 1.00. The maximum atomic E-state index is 2.71. The second kappa shape index (κ2) is 11.7. The zero-order chi connectivity index (χ0) is 14.8. The highest BCUT2D eigenvalue weighted by Crippen LogP contribution is 2.19. The molecule has 2 unspecified atom stereocenters. The molecule has 0 bridgehead atoms. The van der Waals surface area contributed by atoms with Gasteiger partial charge in [0.25, 0.3) is 0 Å². The first-order valence-electron chi connectivity index (χ1n) is 9.19. The van der Waals surface area contributed by atoms with Gasteiger partial charge in [0.2, 0.25) is 0 Å². The first-order chi connectivity index (χ1) is 9.62. The van der Waals surface area contributed by atoms with Crippen molar-refractivity contribution in [3.63, 3.8) is 0 Å². The predicted octanol–water partition coefficient (Wildman–Crippen LogP) is 1.30. The van der Waals surface area contributed by atoms with Crippen LogP contribution < -0.4 is 12.4 Å². The summed E-state index contributed by atoms with van der Waals surface area (Å²) in [7, 11) is 2.49. The van der Waals surface area contributed by atoms with Gasteiger partial charge in [-0.25, -0.2) is 0 Å². The Morgan fingerprint density at radius 1 is 0.952 bits per heavy atom. The van der Waals surface area contributed by atoms with Gasteiger partial charge in [-0.15, -0.1) is 0 Å². The number of rotatable bonds is 10. The van der Waals surface area contributed by atoms with E-state index in [4.69, 9.17) is 0 Å². The van der Waals surface area contributed by atoms with Crippen LogP contribution in [0, 0.1) is 0 Å². The van der Waals surface area contributed by atoms with Gasteiger partial charge < -0.3 is 16.9 Å². The minimum atomic E-state index is 0. The Kier molecular flexibility index (Phi) is 11.9. The van der Waals surface area contributed by atoms with Crippen LogP contribution in [-0.4, -0.2) is 55.2 Å². The molecule has 0 amide bonds. The number of hydrogen-bond acceptors (Lipinski definition) is 1. The fourth-order valence-corrected chi connectivity index (χ4v) is 3.45. The normalized spacial score (nSPS) is 26.6. The minimum absolute atomic E-state index is 0. The Hall–Kier alpha value is 0.210. The molecule has 0 N–H and O–H groups in total. The van der Waals surface area contributed by atoms with Crippen molar-refractivity contribution < 1.29 is 16.9 Å². The molecular weight excluding hydrogens is 280 g/mol. The number of likely N-dealkylation sites (N-methyl/N-ethyl adjacent to an activating group) is 1. The van der Waals surface area contributed by atoms with Gasteiger partial charge in [0.15, 0.2) is 0 Å². The molecular formula is C18H39ClN2. The van der Waals surface area contributed by atoms with E-state index >= 15 is 0 Å². The molecule has 1 saturated heterocycles. The average molecular weight is 319 g/mol. The topological polar surface area (TPSA) is 3.24 Å². The van der Waals surface area contributed by atoms with Crippen LogP contribution in [0.3, 0.4) is 0 Å². The molecule has 3 heteroatoms. The molecule has 1 rings (SSSR count). The Morgan fingerprint density at radius 3 is 2.14 bits per heavy atom. The Balaban J connectivity index is 0.00000400. The number of quaternary nitrogens is 1. The zero-order valence-electron chi connectivity index (χ0n) is 15.0. The highest BCUT2D eigenvalue weighted by Gasteiger charge is 2.34. The molecule has 2 nitrogen and oxygen atoms in total. The zero-order valence-corrected chi connectivity index (χ0v) is 15.8. The molecule has 1 aliphatic heterocycles. The molecule has 0 radical (unpaired) electrons. The van der Waals surface area contributed by atoms with Crippen molar-refractivity contribution in [3.05, 3.63) is 0 Å². The molecule has 0 aromatic rings. The van der Waals surface area contributed by atoms with E-state index in [0.717, 1.165) is 6.04 Å². The molecule has 21 heavy (non-hydrogen) atoms. The summed E-state index contributed by atoms with van der Waals surface area (Å²) >= 11 is 0. The highest BCUT2D eigenvalue weighted by molar-refractivity contribution is 4.70. The lowest BCUT2D eigenvalue weighted by atomic mass is 10.1. The van der Waals surface area contributed by atoms with Gasteiger partial charge in [0.1, 0.15) is 0 Å². The Labute approximate surface area is 140 Å². The molecule has 1 heterocycles. The molecule has 0 saturated carbocycles. The van der Waals surface area contributed by atoms with Gasteiger partial charge in [-0.2, -0.15) is 0 Å². The lowest BCUT2D eigenvalue weighted by Crippen LogP contribution is -3.00. The number of piperazine rings is 1. The van der Waals surface area contributed by atoms with Gasteiger partial charge in [0.05, 0.1) is 32.7 Å². The molecule has 0 spiro atoms. The van der Waals surface area contributed by atoms with Crippen LogP contribution >= 0.6 is 0 Å². The third-order valence-electron chi connectivity index (χ3n) is 5.36. The molecule has 1 aliphatic rings. The minimum Gasteiger partial charge on any atom is -1.00 e. The second-order valence-corrected chi connectivity index (χ2v) is 7.20. The summed E-state index contributed by atoms with van der Waals surface area (Å²) in [5, 5.41) is 0. The van der Waals surface area contributed by atoms with E-state index in [1.54, 1.807) is 0 Å². The van der Waals surface area contributed by atoms with Crippen molar-refractivity contribution in [1.29, 1.82) is 0 Å². The molecule has 2 atom stereocenters. The van der Waals surface area contributed by atoms with E-state index in [-0.39, 0.29) is 12.4 Å². The van der Waals surface area contributed by atoms with Crippen LogP contribution in [0.5, 0.6) is 0 Å². The SMILES string of the molecule is CCCCCCN1CC[N+](C)(CCCCCC)C(C)C1.[Cl-]. The van der Waals surface area contributed by atoms with Crippen molar-refractivity contribution in [1.82, 2.24) is 4.90 Å². The van der Waals surface area contributed by atoms with Gasteiger partial charge in [-0.05, 0) is 32.7 Å². The van der Waals surface area contributed by atoms with Crippen molar-refractivity contribution in [2.45, 2.75) is 78.2 Å². The lowest BCUT2D eigenvalue weighted by molar-refractivity contribution is -0.936. The summed E-state index contributed by atoms with van der Waals surface area (Å²) in [6.07, 6.45) is 11.2. The number of halogens is 1. The third-order valence-corrected chi connectivity index (χ3v) is 5.36. The van der Waals surface area contributed by atoms with E-state index in [9.17, 15) is 0 Å². The summed E-state index contributed by atoms with van der Waals surface area (Å²) in [6.45, 7) is 13.8. The van der Waals surface area contributed by atoms with Crippen LogP contribution in [0.4, 0.5) is 0 Å². The molecule has 0 aromatic carbocycles. The predicted molar refractivity (Wildman–Crippen MR) is 90.1 cm³/mol. The van der Waals surface area contributed by atoms with Crippen LogP contribution in [0.15, 0.2) is 0 Å². The van der Waals surface area contributed by atoms with E-state index in [1.165, 1.54) is 88.6 Å². The monoisotopic (exact) mass is 318 g/mol. The fourth-order valence-electron chi connectivity index (χ4n) is 3.45. The summed E-state index contributed by atoms with van der Waals surface area (Å²) in [4.78, 5) is 2.71. The number of unbranched alkanes of at least 4 members (excludes halogenated alkanes) is 6. The summed E-state index contributed by atoms with van der Waals surface area (Å²) in [5.41, 5.74) is 0. The smallest absolute Gasteiger partial charge is 0.0988 e. The standard InChI is InChI=1S/C18H39N2.ClH/c1-5-7-9-11-13-19-14-16-20(4,18(3)17-19)15-12-10-8-6-2;/h18H,5-17H2,1-4H3;1H/q+1;/p-1. The van der Waals surface area contributed by atoms with E-state index < -0.39 is 0 Å². The third kappa shape index (κ3) is 7.85. The van der Waals surface area contributed by atoms with E-state index in [0.29, 0.717) is 0 Å². The maximum Gasteiger partial charge on any atom is 0.0988 e. The van der Waals surface area contributed by atoms with Gasteiger partial charge in [-0.1, -0.05) is 46.0 Å². The van der Waals surface area contributed by atoms with Crippen LogP contribution in [-0.2, 0) is 0 Å². The van der Waals surface area contributed by atoms with Crippen LogP contribution in [0.1, 0.15) is 72.1 Å². The number of hydrogen-bond donors (Lipinski definition) is 0. The maximum absolute atomic E-state index is 2.71. The summed E-state index contributed by atoms with van der Waals surface area (Å²) in [5.74, 6) is 0. The van der Waals surface area contributed by atoms with E-state index in [1.807, 2.05) is 0 Å². The van der Waals surface area contributed by atoms with Crippen LogP contribution in [0.2, 0.25) is 0 Å². The summed E-state index contributed by atoms with van der Waals surface area (Å²) in [6, 6.07) is 0.816. The Bertz CT molecular complexity index is 247. The van der Waals surface area contributed by atoms with Crippen molar-refractivity contribution in [2.24, 2.45) is 0 Å². The quantitative estimate of drug-likeness (QED) is 0.433. The Morgan fingerprint density at radius 2 is 1.57 bits per heavy atom. The van der Waals surface area contributed by atoms with Crippen molar-refractivity contribution >= 4 is 0 Å². The first kappa shape index (κ1) is 21.2. The second-order valence-electron chi connectivity index (χ2n) is 7.20. The van der Waals surface area contributed by atoms with E-state index in [2.05, 4.69) is 32.7 Å². The van der Waals surface area contributed by atoms with Crippen molar-refractivity contribution in [2.75, 3.05) is 39.8 Å². The van der Waals surface area contributed by atoms with Gasteiger partial charge in [0, 0.05) is 6.54 Å². The molecule has 0 aliphatic carbocycles. The average Bonchev–Trinajstić information content (AvgIpc) is 2.44. The highest BCUT2D eigenvalue weighted by atomic mass is 35.5. The largest absolute Gasteiger partial charge is 1.00 e. The lowest BCUT2D eigenvalue weighted by Gasteiger charge is -2.47. The van der Waals surface area contributed by atoms with Gasteiger partial charge in [-0.3, -0.25) is 4.90 Å². The summed E-state index contributed by atoms with van der Waals surface area (Å²) < 4.78 is 1.31. The molecule has 1 fully saturated rings. The van der Waals surface area contributed by atoms with Crippen molar-refractivity contribution in [3.8, 4) is 0 Å². The molecule has 128 valence electrons. The first-order valence-corrected chi connectivity index (χ1v) is 9.19.